The Balaban J connectivity index is 2.31. The van der Waals surface area contributed by atoms with Crippen molar-refractivity contribution < 1.29 is 0 Å². The first-order valence-corrected chi connectivity index (χ1v) is 7.37. The summed E-state index contributed by atoms with van der Waals surface area (Å²) in [5.41, 5.74) is 2.64. The Morgan fingerprint density at radius 1 is 1.40 bits per heavy atom. The minimum absolute atomic E-state index is 0.954. The largest absolute Gasteiger partial charge is 0.313 e. The quantitative estimate of drug-likeness (QED) is 0.803. The monoisotopic (exact) mass is 287 g/mol. The van der Waals surface area contributed by atoms with Crippen molar-refractivity contribution in [2.75, 3.05) is 18.6 Å². The van der Waals surface area contributed by atoms with Crippen LogP contribution in [-0.2, 0) is 6.54 Å². The van der Waals surface area contributed by atoms with Crippen LogP contribution in [0.4, 0.5) is 0 Å². The number of nitrogens with one attached hydrogen (secondary N) is 1. The number of hydrogen-bond donors (Lipinski definition) is 1. The van der Waals surface area contributed by atoms with Crippen LogP contribution in [0.3, 0.4) is 0 Å². The lowest BCUT2D eigenvalue weighted by Gasteiger charge is -2.07. The summed E-state index contributed by atoms with van der Waals surface area (Å²) in [4.78, 5) is 0. The number of hydrogen-bond acceptors (Lipinski definition) is 2. The predicted octanol–water partition coefficient (Wildman–Crippen LogP) is 3.60. The van der Waals surface area contributed by atoms with Crippen LogP contribution in [0.1, 0.15) is 17.5 Å². The molecule has 0 aromatic heterocycles. The summed E-state index contributed by atoms with van der Waals surface area (Å²) < 4.78 is 1.21. The SMILES string of the molecule is CSCCCNCc1ccc(C)cc1Br. The smallest absolute Gasteiger partial charge is 0.0222 e. The standard InChI is InChI=1S/C12H18BrNS/c1-10-4-5-11(12(13)8-10)9-14-6-3-7-15-2/h4-5,8,14H,3,6-7,9H2,1-2H3. The van der Waals surface area contributed by atoms with E-state index >= 15 is 0 Å². The predicted molar refractivity (Wildman–Crippen MR) is 73.6 cm³/mol. The summed E-state index contributed by atoms with van der Waals surface area (Å²) in [6.07, 6.45) is 3.39. The highest BCUT2D eigenvalue weighted by Crippen LogP contribution is 2.17. The molecule has 0 atom stereocenters. The Bertz CT molecular complexity index is 302. The zero-order chi connectivity index (χ0) is 11.1. The first-order chi connectivity index (χ1) is 7.24. The van der Waals surface area contributed by atoms with Crippen molar-refractivity contribution in [3.63, 3.8) is 0 Å². The molecule has 15 heavy (non-hydrogen) atoms. The molecule has 0 aliphatic heterocycles. The van der Waals surface area contributed by atoms with Gasteiger partial charge in [0, 0.05) is 11.0 Å². The van der Waals surface area contributed by atoms with Gasteiger partial charge in [-0.2, -0.15) is 11.8 Å². The molecule has 0 unspecified atom stereocenters. The molecule has 0 heterocycles. The van der Waals surface area contributed by atoms with Crippen LogP contribution in [0.25, 0.3) is 0 Å². The molecule has 0 radical (unpaired) electrons. The van der Waals surface area contributed by atoms with Crippen molar-refractivity contribution in [2.45, 2.75) is 19.9 Å². The van der Waals surface area contributed by atoms with Crippen LogP contribution in [0.2, 0.25) is 0 Å². The number of benzene rings is 1. The zero-order valence-electron chi connectivity index (χ0n) is 9.35. The van der Waals surface area contributed by atoms with Gasteiger partial charge in [-0.3, -0.25) is 0 Å². The maximum absolute atomic E-state index is 3.59. The topological polar surface area (TPSA) is 12.0 Å². The average molecular weight is 288 g/mol. The molecule has 0 fully saturated rings. The minimum Gasteiger partial charge on any atom is -0.313 e. The van der Waals surface area contributed by atoms with Gasteiger partial charge >= 0.3 is 0 Å². The van der Waals surface area contributed by atoms with Crippen molar-refractivity contribution >= 4 is 27.7 Å². The first-order valence-electron chi connectivity index (χ1n) is 5.18. The summed E-state index contributed by atoms with van der Waals surface area (Å²) >= 11 is 5.49. The van der Waals surface area contributed by atoms with E-state index in [4.69, 9.17) is 0 Å². The fourth-order valence-corrected chi connectivity index (χ4v) is 2.43. The molecule has 1 aromatic carbocycles. The molecule has 1 nitrogen and oxygen atoms in total. The molecule has 1 N–H and O–H groups in total. The van der Waals surface area contributed by atoms with E-state index in [0.717, 1.165) is 13.1 Å². The van der Waals surface area contributed by atoms with E-state index in [0.29, 0.717) is 0 Å². The van der Waals surface area contributed by atoms with Crippen LogP contribution in [-0.4, -0.2) is 18.6 Å². The van der Waals surface area contributed by atoms with Crippen molar-refractivity contribution in [1.82, 2.24) is 5.32 Å². The molecule has 0 saturated carbocycles. The van der Waals surface area contributed by atoms with Crippen molar-refractivity contribution in [1.29, 1.82) is 0 Å². The van der Waals surface area contributed by atoms with Gasteiger partial charge < -0.3 is 5.32 Å². The lowest BCUT2D eigenvalue weighted by atomic mass is 10.1. The highest BCUT2D eigenvalue weighted by molar-refractivity contribution is 9.10. The molecule has 1 aromatic rings. The van der Waals surface area contributed by atoms with E-state index in [1.807, 2.05) is 11.8 Å². The van der Waals surface area contributed by atoms with Crippen molar-refractivity contribution in [3.05, 3.63) is 33.8 Å². The third kappa shape index (κ3) is 5.05. The van der Waals surface area contributed by atoms with Crippen LogP contribution < -0.4 is 5.32 Å². The van der Waals surface area contributed by atoms with E-state index in [9.17, 15) is 0 Å². The third-order valence-corrected chi connectivity index (χ3v) is 3.66. The molecule has 0 aliphatic rings. The Kier molecular flexibility index (Phi) is 6.37. The lowest BCUT2D eigenvalue weighted by molar-refractivity contribution is 0.677. The molecule has 0 spiro atoms. The molecule has 0 amide bonds. The molecule has 3 heteroatoms. The van der Waals surface area contributed by atoms with Crippen LogP contribution in [0, 0.1) is 6.92 Å². The molecule has 1 rings (SSSR count). The zero-order valence-corrected chi connectivity index (χ0v) is 11.7. The molecule has 0 bridgehead atoms. The highest BCUT2D eigenvalue weighted by Gasteiger charge is 1.98. The van der Waals surface area contributed by atoms with Crippen LogP contribution in [0.15, 0.2) is 22.7 Å². The molecule has 0 aliphatic carbocycles. The number of rotatable bonds is 6. The minimum atomic E-state index is 0.954. The van der Waals surface area contributed by atoms with Gasteiger partial charge in [0.2, 0.25) is 0 Å². The van der Waals surface area contributed by atoms with Gasteiger partial charge in [-0.25, -0.2) is 0 Å². The van der Waals surface area contributed by atoms with E-state index in [-0.39, 0.29) is 0 Å². The van der Waals surface area contributed by atoms with E-state index in [2.05, 4.69) is 52.6 Å². The molecular weight excluding hydrogens is 270 g/mol. The summed E-state index contributed by atoms with van der Waals surface area (Å²) in [7, 11) is 0. The molecular formula is C12H18BrNS. The fourth-order valence-electron chi connectivity index (χ4n) is 1.36. The van der Waals surface area contributed by atoms with Gasteiger partial charge in [0.1, 0.15) is 0 Å². The van der Waals surface area contributed by atoms with Crippen molar-refractivity contribution in [2.24, 2.45) is 0 Å². The number of halogens is 1. The Morgan fingerprint density at radius 2 is 2.20 bits per heavy atom. The Hall–Kier alpha value is 0.01000. The second-order valence-corrected chi connectivity index (χ2v) is 5.46. The second-order valence-electron chi connectivity index (χ2n) is 3.62. The highest BCUT2D eigenvalue weighted by atomic mass is 79.9. The van der Waals surface area contributed by atoms with Gasteiger partial charge in [-0.15, -0.1) is 0 Å². The maximum Gasteiger partial charge on any atom is 0.0222 e. The lowest BCUT2D eigenvalue weighted by Crippen LogP contribution is -2.15. The Labute approximate surface area is 105 Å². The Morgan fingerprint density at radius 3 is 2.87 bits per heavy atom. The first kappa shape index (κ1) is 13.1. The summed E-state index contributed by atoms with van der Waals surface area (Å²) in [5, 5.41) is 3.45. The van der Waals surface area contributed by atoms with Gasteiger partial charge in [0.25, 0.3) is 0 Å². The third-order valence-electron chi connectivity index (χ3n) is 2.23. The summed E-state index contributed by atoms with van der Waals surface area (Å²) in [5.74, 6) is 1.24. The fraction of sp³-hybridized carbons (Fsp3) is 0.500. The van der Waals surface area contributed by atoms with Gasteiger partial charge in [0.15, 0.2) is 0 Å². The number of thioether (sulfide) groups is 1. The van der Waals surface area contributed by atoms with Gasteiger partial charge in [-0.05, 0) is 49.1 Å². The molecule has 0 saturated heterocycles. The van der Waals surface area contributed by atoms with Crippen molar-refractivity contribution in [3.8, 4) is 0 Å². The van der Waals surface area contributed by atoms with E-state index in [1.165, 1.54) is 27.8 Å². The van der Waals surface area contributed by atoms with Gasteiger partial charge in [0.05, 0.1) is 0 Å². The maximum atomic E-state index is 3.59. The van der Waals surface area contributed by atoms with Crippen LogP contribution >= 0.6 is 27.7 Å². The van der Waals surface area contributed by atoms with E-state index < -0.39 is 0 Å². The number of aryl methyl sites for hydroxylation is 1. The molecule has 84 valence electrons. The van der Waals surface area contributed by atoms with Crippen LogP contribution in [0.5, 0.6) is 0 Å². The normalized spacial score (nSPS) is 10.6. The van der Waals surface area contributed by atoms with E-state index in [1.54, 1.807) is 0 Å². The average Bonchev–Trinajstić information content (AvgIpc) is 2.20. The van der Waals surface area contributed by atoms with Gasteiger partial charge in [-0.1, -0.05) is 28.1 Å². The summed E-state index contributed by atoms with van der Waals surface area (Å²) in [6.45, 7) is 4.16. The summed E-state index contributed by atoms with van der Waals surface area (Å²) in [6, 6.07) is 6.50. The second kappa shape index (κ2) is 7.31.